The molecule has 37 N–H and O–H groups in total. The van der Waals surface area contributed by atoms with Crippen LogP contribution in [-0.4, -0.2) is 283 Å². The van der Waals surface area contributed by atoms with Gasteiger partial charge in [-0.15, -0.1) is 0 Å². The van der Waals surface area contributed by atoms with E-state index in [0.29, 0.717) is 12.0 Å². The van der Waals surface area contributed by atoms with Crippen LogP contribution in [0.25, 0.3) is 0 Å². The minimum absolute atomic E-state index is 0.00702. The van der Waals surface area contributed by atoms with Crippen LogP contribution in [0.4, 0.5) is 0 Å². The lowest BCUT2D eigenvalue weighted by Gasteiger charge is -2.30. The Morgan fingerprint density at radius 2 is 0.915 bits per heavy atom. The van der Waals surface area contributed by atoms with Gasteiger partial charge < -0.3 is 146 Å². The first-order valence-corrected chi connectivity index (χ1v) is 46.9. The van der Waals surface area contributed by atoms with Gasteiger partial charge in [0.2, 0.25) is 100 Å². The second-order valence-electron chi connectivity index (χ2n) is 31.4. The SMILES string of the molecule is CC(C)CC(NC(=O)CNC(=O)CNC(=O)C(N)CCCNC(=N)N)C(=O)NC1CSSCC(C(=O)NC(C(=O)NCC(=O)NC(CCCNC(=N)N)C(N)=O)C(C)C)NC(=O)C(C(C)C)NC(=O)C2CSSCC(NC(=O)C(Cc3ccc(O)cc3)NC1=O)C(=O)NC(CCCNC(=N)N)C(=O)NCC(=O)NC(CCCNC(=N)N)C(=O)NC(Cc1ccccc1)C(=O)N2. The molecule has 52 heteroatoms. The number of primary amides is 1. The maximum atomic E-state index is 15.5. The van der Waals surface area contributed by atoms with E-state index in [1.807, 2.05) is 0 Å². The van der Waals surface area contributed by atoms with Crippen LogP contribution in [0.15, 0.2) is 54.6 Å². The van der Waals surface area contributed by atoms with Gasteiger partial charge in [0, 0.05) is 62.0 Å². The molecule has 2 aliphatic heterocycles. The second kappa shape index (κ2) is 58.3. The average Bonchev–Trinajstić information content (AvgIpc) is 0.846. The van der Waals surface area contributed by atoms with Crippen molar-refractivity contribution in [3.05, 3.63) is 65.7 Å². The summed E-state index contributed by atoms with van der Waals surface area (Å²) in [7, 11) is 3.28. The quantitative estimate of drug-likeness (QED) is 0.0128. The van der Waals surface area contributed by atoms with Gasteiger partial charge in [-0.05, 0) is 98.8 Å². The summed E-state index contributed by atoms with van der Waals surface area (Å²) < 4.78 is 0. The lowest BCUT2D eigenvalue weighted by Crippen LogP contribution is -2.62. The van der Waals surface area contributed by atoms with Crippen LogP contribution >= 0.6 is 43.2 Å². The minimum atomic E-state index is -1.77. The lowest BCUT2D eigenvalue weighted by atomic mass is 10.0. The first-order chi connectivity index (χ1) is 61.5. The lowest BCUT2D eigenvalue weighted by molar-refractivity contribution is -0.136. The molecule has 17 amide bonds. The highest BCUT2D eigenvalue weighted by atomic mass is 33.1. The number of nitrogens with two attached hydrogens (primary N) is 6. The van der Waals surface area contributed by atoms with Gasteiger partial charge in [-0.25, -0.2) is 0 Å². The molecule has 13 unspecified atom stereocenters. The number of fused-ring (bicyclic) bond motifs is 5. The number of hydrogen-bond donors (Lipinski definition) is 31. The fraction of sp³-hybridized carbons (Fsp3) is 0.577. The Morgan fingerprint density at radius 1 is 0.454 bits per heavy atom. The van der Waals surface area contributed by atoms with Gasteiger partial charge in [-0.3, -0.25) is 103 Å². The van der Waals surface area contributed by atoms with Gasteiger partial charge in [-0.2, -0.15) is 0 Å². The number of phenolic OH excluding ortho intramolecular Hbond substituents is 1. The van der Waals surface area contributed by atoms with Crippen molar-refractivity contribution in [1.82, 2.24) is 106 Å². The molecule has 2 heterocycles. The van der Waals surface area contributed by atoms with Crippen LogP contribution in [0.1, 0.15) is 110 Å². The third-order valence-electron chi connectivity index (χ3n) is 19.4. The van der Waals surface area contributed by atoms with Gasteiger partial charge in [0.05, 0.1) is 32.2 Å². The summed E-state index contributed by atoms with van der Waals surface area (Å²) in [6, 6.07) is -6.53. The van der Waals surface area contributed by atoms with E-state index in [4.69, 9.17) is 56.0 Å². The summed E-state index contributed by atoms with van der Waals surface area (Å²) in [6.07, 6.45) is -0.362. The molecule has 2 bridgehead atoms. The maximum Gasteiger partial charge on any atom is 0.244 e. The smallest absolute Gasteiger partial charge is 0.244 e. The molecule has 720 valence electrons. The van der Waals surface area contributed by atoms with Gasteiger partial charge in [-0.1, -0.05) is 127 Å². The Hall–Kier alpha value is -12.3. The Labute approximate surface area is 767 Å². The molecule has 48 nitrogen and oxygen atoms in total. The molecule has 0 radical (unpaired) electrons. The van der Waals surface area contributed by atoms with Crippen LogP contribution in [0.2, 0.25) is 0 Å². The molecule has 0 aliphatic carbocycles. The van der Waals surface area contributed by atoms with Gasteiger partial charge in [0.25, 0.3) is 0 Å². The number of nitrogens with one attached hydrogen (secondary N) is 24. The number of hydrogen-bond acceptors (Lipinski definition) is 27. The highest BCUT2D eigenvalue weighted by Gasteiger charge is 2.39. The molecule has 13 atom stereocenters. The summed E-state index contributed by atoms with van der Waals surface area (Å²) in [4.78, 5) is 245. The Bertz CT molecular complexity index is 4240. The Balaban J connectivity index is 1.98. The van der Waals surface area contributed by atoms with Gasteiger partial charge in [0.1, 0.15) is 78.3 Å². The number of benzene rings is 2. The monoisotopic (exact) mass is 1900 g/mol. The third-order valence-corrected chi connectivity index (χ3v) is 24.2. The molecular formula is C78H126N30O18S4. The largest absolute Gasteiger partial charge is 0.508 e. The van der Waals surface area contributed by atoms with Crippen LogP contribution in [-0.2, 0) is 94.3 Å². The minimum Gasteiger partial charge on any atom is -0.508 e. The zero-order valence-corrected chi connectivity index (χ0v) is 76.4. The number of guanidine groups is 4. The van der Waals surface area contributed by atoms with Crippen LogP contribution in [0.5, 0.6) is 5.75 Å². The highest BCUT2D eigenvalue weighted by molar-refractivity contribution is 8.77. The van der Waals surface area contributed by atoms with E-state index in [1.54, 1.807) is 58.0 Å². The summed E-state index contributed by atoms with van der Waals surface area (Å²) >= 11 is 0. The number of amides is 17. The molecule has 2 saturated heterocycles. The fourth-order valence-corrected chi connectivity index (χ4v) is 17.1. The standard InChI is InChI=1S/C78H126N30O18S4/c1-39(2)28-49(99-57(111)32-93-56(110)31-94-63(115)45(79)16-10-24-89-75(81)82)66(118)103-53-36-128-130-38-55(72(124)107-60(40(3)4)73(125)96-34-58(112)97-46(62(80)114)17-11-25-90-76(83)84)106-74(126)61(41(5)6)108-71(123)54-37-129-127-35-52(104-68(120)51(102-70(53)122)30-43-20-22-44(109)23-21-43)69(121)100-47(18-12-26-91-77(85)86)64(116)95-33-59(113)98-48(19-13-27-92-78(87)88)65(117)101-50(67(119)105-54)29-42-14-8-7-9-15-42/h7-9,14-15,20-23,39-41,45-55,60-61,109H,10-13,16-19,24-38,79H2,1-6H3,(H2,80,114)(H,93,110)(H,94,115)(H,95,116)(H,96,125)(H,97,112)(H,98,113)(H,99,111)(H,100,121)(H,101,117)(H,102,122)(H,103,118)(H,104,120)(H,105,119)(H,106,126)(H,107,124)(H,108,123)(H4,81,82,89)(H4,83,84,90)(H4,85,86,91)(H4,87,88,92). The zero-order chi connectivity index (χ0) is 96.7. The molecular weight excluding hydrogens is 1770 g/mol. The maximum absolute atomic E-state index is 15.5. The van der Waals surface area contributed by atoms with Gasteiger partial charge >= 0.3 is 0 Å². The second-order valence-corrected chi connectivity index (χ2v) is 36.6. The van der Waals surface area contributed by atoms with Crippen molar-refractivity contribution >= 4 is 167 Å². The molecule has 2 aliphatic rings. The zero-order valence-electron chi connectivity index (χ0n) is 73.2. The van der Waals surface area contributed by atoms with E-state index >= 15 is 33.6 Å². The van der Waals surface area contributed by atoms with Crippen molar-refractivity contribution in [3.8, 4) is 5.75 Å². The highest BCUT2D eigenvalue weighted by Crippen LogP contribution is 2.27. The van der Waals surface area contributed by atoms with E-state index in [2.05, 4.69) is 106 Å². The fourth-order valence-electron chi connectivity index (χ4n) is 12.4. The van der Waals surface area contributed by atoms with E-state index < -0.39 is 258 Å². The summed E-state index contributed by atoms with van der Waals surface area (Å²) in [6.45, 7) is 6.98. The third kappa shape index (κ3) is 43.2. The Morgan fingerprint density at radius 3 is 1.45 bits per heavy atom. The number of rotatable bonds is 39. The van der Waals surface area contributed by atoms with E-state index in [9.17, 15) is 53.1 Å². The normalized spacial score (nSPS) is 20.6. The van der Waals surface area contributed by atoms with Gasteiger partial charge in [0.15, 0.2) is 23.8 Å². The predicted molar refractivity (Wildman–Crippen MR) is 490 cm³/mol. The summed E-state index contributed by atoms with van der Waals surface area (Å²) in [5, 5.41) is 92.1. The number of phenols is 1. The molecule has 4 rings (SSSR count). The van der Waals surface area contributed by atoms with Crippen molar-refractivity contribution in [1.29, 1.82) is 21.6 Å². The molecule has 2 fully saturated rings. The molecule has 0 aromatic heterocycles. The average molecular weight is 1900 g/mol. The molecule has 2 aromatic carbocycles. The van der Waals surface area contributed by atoms with Crippen molar-refractivity contribution in [2.75, 3.05) is 75.4 Å². The predicted octanol–water partition coefficient (Wildman–Crippen LogP) is -8.53. The number of carbonyl (C=O) groups excluding carboxylic acids is 17. The summed E-state index contributed by atoms with van der Waals surface area (Å²) in [5.41, 5.74) is 34.1. The summed E-state index contributed by atoms with van der Waals surface area (Å²) in [5.74, 6) is -22.1. The Kier molecular flexibility index (Phi) is 49.3. The van der Waals surface area contributed by atoms with Crippen molar-refractivity contribution < 1.29 is 86.6 Å². The van der Waals surface area contributed by atoms with Crippen molar-refractivity contribution in [3.63, 3.8) is 0 Å². The topological polar surface area (TPSA) is 803 Å². The van der Waals surface area contributed by atoms with Crippen LogP contribution < -0.4 is 141 Å². The van der Waals surface area contributed by atoms with E-state index in [-0.39, 0.29) is 113 Å². The molecule has 0 spiro atoms. The van der Waals surface area contributed by atoms with Crippen molar-refractivity contribution in [2.24, 2.45) is 52.2 Å². The van der Waals surface area contributed by atoms with Crippen LogP contribution in [0, 0.1) is 39.4 Å². The number of aromatic hydroxyl groups is 1. The first-order valence-electron chi connectivity index (χ1n) is 41.9. The molecule has 2 aromatic rings. The molecule has 0 saturated carbocycles. The van der Waals surface area contributed by atoms with E-state index in [0.717, 1.165) is 43.2 Å². The van der Waals surface area contributed by atoms with Crippen LogP contribution in [0.3, 0.4) is 0 Å². The van der Waals surface area contributed by atoms with Crippen molar-refractivity contribution in [2.45, 2.75) is 191 Å². The molecule has 130 heavy (non-hydrogen) atoms. The first kappa shape index (κ1) is 110. The number of carbonyl (C=O) groups is 17. The van der Waals surface area contributed by atoms with E-state index in [1.165, 1.54) is 38.1 Å².